The molecular formula is C40H38Cl2F2N4O6. The summed E-state index contributed by atoms with van der Waals surface area (Å²) in [6.45, 7) is 3.17. The summed E-state index contributed by atoms with van der Waals surface area (Å²) in [5.41, 5.74) is 2.69. The summed E-state index contributed by atoms with van der Waals surface area (Å²) in [4.78, 5) is 60.8. The Morgan fingerprint density at radius 2 is 1.04 bits per heavy atom. The van der Waals surface area contributed by atoms with Crippen LogP contribution in [0, 0.1) is 23.5 Å². The Morgan fingerprint density at radius 3 is 1.39 bits per heavy atom. The molecule has 0 radical (unpaired) electrons. The molecular weight excluding hydrogens is 741 g/mol. The molecule has 2 saturated heterocycles. The van der Waals surface area contributed by atoms with Gasteiger partial charge in [-0.05, 0) is 99.4 Å². The highest BCUT2D eigenvalue weighted by molar-refractivity contribution is 6.34. The van der Waals surface area contributed by atoms with Crippen molar-refractivity contribution in [1.29, 1.82) is 0 Å². The highest BCUT2D eigenvalue weighted by Crippen LogP contribution is 2.36. The zero-order chi connectivity index (χ0) is 38.5. The number of halogens is 4. The van der Waals surface area contributed by atoms with Gasteiger partial charge in [0.2, 0.25) is 0 Å². The van der Waals surface area contributed by atoms with Gasteiger partial charge < -0.3 is 19.3 Å². The lowest BCUT2D eigenvalue weighted by Crippen LogP contribution is -2.41. The third-order valence-corrected chi connectivity index (χ3v) is 10.3. The first-order valence-electron chi connectivity index (χ1n) is 17.4. The van der Waals surface area contributed by atoms with Crippen molar-refractivity contribution in [3.8, 4) is 22.3 Å². The Balaban J connectivity index is 1.24. The second-order valence-corrected chi connectivity index (χ2v) is 14.5. The molecule has 2 aliphatic rings. The molecule has 4 aromatic carbocycles. The monoisotopic (exact) mass is 778 g/mol. The van der Waals surface area contributed by atoms with E-state index in [1.54, 1.807) is 48.5 Å². The maximum Gasteiger partial charge on any atom is 0.426 e. The molecule has 0 aromatic heterocycles. The Morgan fingerprint density at radius 1 is 0.648 bits per heavy atom. The van der Waals surface area contributed by atoms with Gasteiger partial charge in [0.1, 0.15) is 11.6 Å². The largest absolute Gasteiger partial charge is 0.426 e. The zero-order valence-electron chi connectivity index (χ0n) is 29.6. The molecule has 54 heavy (non-hydrogen) atoms. The SMILES string of the molecule is CN1CC[C@@H](CN(C(=O)OC(=O)C(=O)OC(=O)N(C[C@@H]2CCN(C)C2)c2ccccc2-c2ccc(F)c(Cl)c2)c2ccccc2-c2ccc(F)c(Cl)c2)C1. The molecule has 282 valence electrons. The number of benzene rings is 4. The van der Waals surface area contributed by atoms with Gasteiger partial charge in [-0.2, -0.15) is 0 Å². The van der Waals surface area contributed by atoms with Crippen LogP contribution in [-0.2, 0) is 19.1 Å². The third-order valence-electron chi connectivity index (χ3n) is 9.68. The van der Waals surface area contributed by atoms with Gasteiger partial charge in [-0.25, -0.2) is 28.0 Å². The van der Waals surface area contributed by atoms with Crippen LogP contribution < -0.4 is 9.80 Å². The molecule has 0 spiro atoms. The van der Waals surface area contributed by atoms with Crippen LogP contribution in [0.5, 0.6) is 0 Å². The molecule has 2 fully saturated rings. The molecule has 0 unspecified atom stereocenters. The summed E-state index contributed by atoms with van der Waals surface area (Å²) in [6, 6.07) is 21.8. The predicted molar refractivity (Wildman–Crippen MR) is 203 cm³/mol. The quantitative estimate of drug-likeness (QED) is 0.100. The van der Waals surface area contributed by atoms with Crippen LogP contribution >= 0.6 is 23.2 Å². The van der Waals surface area contributed by atoms with Crippen LogP contribution in [0.15, 0.2) is 84.9 Å². The molecule has 0 saturated carbocycles. The average Bonchev–Trinajstić information content (AvgIpc) is 3.78. The van der Waals surface area contributed by atoms with E-state index in [4.69, 9.17) is 32.7 Å². The molecule has 0 aliphatic carbocycles. The lowest BCUT2D eigenvalue weighted by Gasteiger charge is -2.27. The number of carbonyl (C=O) groups excluding carboxylic acids is 4. The van der Waals surface area contributed by atoms with Crippen LogP contribution in [0.4, 0.5) is 29.7 Å². The second kappa shape index (κ2) is 17.1. The van der Waals surface area contributed by atoms with E-state index in [1.807, 2.05) is 14.1 Å². The summed E-state index contributed by atoms with van der Waals surface area (Å²) in [5, 5.41) is -0.232. The minimum atomic E-state index is -1.69. The topological polar surface area (TPSA) is 99.7 Å². The van der Waals surface area contributed by atoms with Gasteiger partial charge in [0.15, 0.2) is 0 Å². The number of ether oxygens (including phenoxy) is 2. The van der Waals surface area contributed by atoms with Crippen molar-refractivity contribution >= 4 is 58.7 Å². The summed E-state index contributed by atoms with van der Waals surface area (Å²) in [7, 11) is 3.91. The van der Waals surface area contributed by atoms with E-state index in [1.165, 1.54) is 46.2 Å². The Hall–Kier alpha value is -4.88. The van der Waals surface area contributed by atoms with E-state index in [-0.39, 0.29) is 35.0 Å². The van der Waals surface area contributed by atoms with Crippen molar-refractivity contribution in [2.24, 2.45) is 11.8 Å². The van der Waals surface area contributed by atoms with Gasteiger partial charge in [0, 0.05) is 37.3 Å². The third kappa shape index (κ3) is 9.07. The van der Waals surface area contributed by atoms with Gasteiger partial charge in [0.25, 0.3) is 0 Å². The number of anilines is 2. The van der Waals surface area contributed by atoms with E-state index < -0.39 is 35.8 Å². The standard InChI is InChI=1S/C40H38Cl2F2N4O6/c1-45-17-15-25(21-45)23-47(35-9-5-3-7-29(35)27-11-13-33(43)31(41)19-27)39(51)53-37(49)38(50)54-40(52)48(24-26-16-18-46(2)22-26)36-10-6-4-8-30(36)28-12-14-34(44)32(42)20-28/h3-14,19-20,25-26H,15-18,21-24H2,1-2H3/t25-,26-/m1/s1. The first kappa shape index (κ1) is 38.8. The van der Waals surface area contributed by atoms with E-state index in [9.17, 15) is 28.0 Å². The maximum atomic E-state index is 14.1. The summed E-state index contributed by atoms with van der Waals surface area (Å²) >= 11 is 12.2. The first-order valence-corrected chi connectivity index (χ1v) is 18.2. The Labute approximate surface area is 321 Å². The van der Waals surface area contributed by atoms with Crippen molar-refractivity contribution < 1.29 is 37.4 Å². The number of rotatable bonds is 8. The number of esters is 2. The minimum Gasteiger partial charge on any atom is -0.367 e. The molecule has 0 N–H and O–H groups in total. The van der Waals surface area contributed by atoms with Crippen molar-refractivity contribution in [2.75, 3.05) is 63.2 Å². The van der Waals surface area contributed by atoms with Gasteiger partial charge in [0.05, 0.1) is 21.4 Å². The number of amides is 2. The number of hydrogen-bond donors (Lipinski definition) is 0. The normalized spacial score (nSPS) is 17.3. The summed E-state index contributed by atoms with van der Waals surface area (Å²) < 4.78 is 38.3. The number of carbonyl (C=O) groups is 4. The van der Waals surface area contributed by atoms with Crippen molar-refractivity contribution in [2.45, 2.75) is 12.8 Å². The Bertz CT molecular complexity index is 1920. The molecule has 10 nitrogen and oxygen atoms in total. The zero-order valence-corrected chi connectivity index (χ0v) is 31.2. The van der Waals surface area contributed by atoms with E-state index in [0.717, 1.165) is 25.9 Å². The van der Waals surface area contributed by atoms with Crippen molar-refractivity contribution in [3.63, 3.8) is 0 Å². The molecule has 2 aliphatic heterocycles. The van der Waals surface area contributed by atoms with Crippen LogP contribution in [0.25, 0.3) is 22.3 Å². The average molecular weight is 780 g/mol. The predicted octanol–water partition coefficient (Wildman–Crippen LogP) is 8.15. The molecule has 14 heteroatoms. The second-order valence-electron chi connectivity index (χ2n) is 13.7. The molecule has 6 rings (SSSR count). The molecule has 2 atom stereocenters. The van der Waals surface area contributed by atoms with Crippen LogP contribution in [0.2, 0.25) is 10.0 Å². The van der Waals surface area contributed by atoms with Crippen molar-refractivity contribution in [3.05, 3.63) is 107 Å². The fourth-order valence-electron chi connectivity index (χ4n) is 7.00. The molecule has 2 heterocycles. The Kier molecular flexibility index (Phi) is 12.3. The van der Waals surface area contributed by atoms with E-state index in [0.29, 0.717) is 46.7 Å². The highest BCUT2D eigenvalue weighted by Gasteiger charge is 2.35. The van der Waals surface area contributed by atoms with Gasteiger partial charge in [-0.15, -0.1) is 0 Å². The van der Waals surface area contributed by atoms with Crippen LogP contribution in [-0.4, -0.2) is 87.3 Å². The van der Waals surface area contributed by atoms with Gasteiger partial charge in [-0.1, -0.05) is 71.7 Å². The fourth-order valence-corrected chi connectivity index (χ4v) is 7.36. The molecule has 4 aromatic rings. The highest BCUT2D eigenvalue weighted by atomic mass is 35.5. The fraction of sp³-hybridized carbons (Fsp3) is 0.300. The smallest absolute Gasteiger partial charge is 0.367 e. The number of likely N-dealkylation sites (tertiary alicyclic amines) is 2. The van der Waals surface area contributed by atoms with Crippen LogP contribution in [0.3, 0.4) is 0 Å². The maximum absolute atomic E-state index is 14.1. The minimum absolute atomic E-state index is 0.00436. The van der Waals surface area contributed by atoms with Crippen LogP contribution in [0.1, 0.15) is 12.8 Å². The summed E-state index contributed by atoms with van der Waals surface area (Å²) in [6.07, 6.45) is -0.811. The molecule has 0 bridgehead atoms. The van der Waals surface area contributed by atoms with E-state index >= 15 is 0 Å². The number of nitrogens with zero attached hydrogens (tertiary/aromatic N) is 4. The van der Waals surface area contributed by atoms with E-state index in [2.05, 4.69) is 9.80 Å². The number of para-hydroxylation sites is 2. The van der Waals surface area contributed by atoms with Gasteiger partial charge >= 0.3 is 24.1 Å². The lowest BCUT2D eigenvalue weighted by atomic mass is 10.0. The number of hydrogen-bond acceptors (Lipinski definition) is 8. The van der Waals surface area contributed by atoms with Crippen molar-refractivity contribution in [1.82, 2.24) is 9.80 Å². The van der Waals surface area contributed by atoms with Gasteiger partial charge in [-0.3, -0.25) is 9.80 Å². The molecule has 2 amide bonds. The summed E-state index contributed by atoms with van der Waals surface area (Å²) in [5.74, 6) is -4.61. The first-order chi connectivity index (χ1) is 25.9. The lowest BCUT2D eigenvalue weighted by molar-refractivity contribution is -0.159.